The van der Waals surface area contributed by atoms with Crippen LogP contribution >= 0.6 is 0 Å². The molecule has 1 aromatic carbocycles. The average molecular weight is 355 g/mol. The molecule has 1 aromatic heterocycles. The lowest BCUT2D eigenvalue weighted by molar-refractivity contribution is -0.0286. The zero-order chi connectivity index (χ0) is 18.1. The highest BCUT2D eigenvalue weighted by molar-refractivity contribution is 5.97. The molecule has 0 radical (unpaired) electrons. The van der Waals surface area contributed by atoms with E-state index < -0.39 is 0 Å². The highest BCUT2D eigenvalue weighted by Crippen LogP contribution is 2.39. The van der Waals surface area contributed by atoms with Gasteiger partial charge in [-0.05, 0) is 43.9 Å². The number of para-hydroxylation sites is 1. The van der Waals surface area contributed by atoms with Crippen LogP contribution in [0.2, 0.25) is 0 Å². The molecule has 2 fully saturated rings. The van der Waals surface area contributed by atoms with Crippen molar-refractivity contribution in [2.45, 2.75) is 25.4 Å². The summed E-state index contributed by atoms with van der Waals surface area (Å²) in [6.45, 7) is 3.21. The second kappa shape index (κ2) is 6.81. The summed E-state index contributed by atoms with van der Waals surface area (Å²) in [5.41, 5.74) is 1.61. The van der Waals surface area contributed by atoms with Crippen LogP contribution in [-0.2, 0) is 0 Å². The number of β-amino-alcohol motifs (C(OH)–C–C–N with tert-alkyl or cyclic N) is 1. The van der Waals surface area contributed by atoms with Gasteiger partial charge in [0.15, 0.2) is 0 Å². The number of hydrogen-bond donors (Lipinski definition) is 1. The standard InChI is InChI=1S/C19H25N5O2/c1-22-11-15(25)10-19(12-22)6-8-23(9-7-19)18(26)16-4-2-3-5-17(16)24-13-20-21-14-24/h2-5,13-15,25H,6-12H2,1H3. The highest BCUT2D eigenvalue weighted by atomic mass is 16.3. The quantitative estimate of drug-likeness (QED) is 0.876. The van der Waals surface area contributed by atoms with Gasteiger partial charge in [-0.15, -0.1) is 10.2 Å². The van der Waals surface area contributed by atoms with E-state index in [0.29, 0.717) is 5.56 Å². The summed E-state index contributed by atoms with van der Waals surface area (Å²) in [5, 5.41) is 17.8. The number of aliphatic hydroxyl groups excluding tert-OH is 1. The first kappa shape index (κ1) is 17.2. The Balaban J connectivity index is 1.50. The number of carbonyl (C=O) groups is 1. The number of nitrogens with zero attached hydrogens (tertiary/aromatic N) is 5. The largest absolute Gasteiger partial charge is 0.392 e. The van der Waals surface area contributed by atoms with E-state index in [0.717, 1.165) is 51.1 Å². The predicted molar refractivity (Wildman–Crippen MR) is 97.1 cm³/mol. The molecule has 0 bridgehead atoms. The molecule has 2 saturated heterocycles. The number of aromatic nitrogens is 3. The number of benzene rings is 1. The van der Waals surface area contributed by atoms with Crippen molar-refractivity contribution in [3.05, 3.63) is 42.5 Å². The van der Waals surface area contributed by atoms with Gasteiger partial charge in [0.05, 0.1) is 17.4 Å². The van der Waals surface area contributed by atoms with E-state index in [1.54, 1.807) is 17.2 Å². The minimum absolute atomic E-state index is 0.0499. The third kappa shape index (κ3) is 3.24. The van der Waals surface area contributed by atoms with Crippen molar-refractivity contribution in [3.8, 4) is 5.69 Å². The van der Waals surface area contributed by atoms with Crippen molar-refractivity contribution < 1.29 is 9.90 Å². The molecule has 1 N–H and O–H groups in total. The number of likely N-dealkylation sites (tertiary alicyclic amines) is 2. The van der Waals surface area contributed by atoms with Gasteiger partial charge in [-0.2, -0.15) is 0 Å². The molecule has 7 heteroatoms. The van der Waals surface area contributed by atoms with Crippen molar-refractivity contribution >= 4 is 5.91 Å². The van der Waals surface area contributed by atoms with Crippen LogP contribution in [0, 0.1) is 5.41 Å². The normalized spacial score (nSPS) is 23.3. The molecule has 138 valence electrons. The van der Waals surface area contributed by atoms with Gasteiger partial charge >= 0.3 is 0 Å². The van der Waals surface area contributed by atoms with E-state index in [9.17, 15) is 9.90 Å². The van der Waals surface area contributed by atoms with E-state index >= 15 is 0 Å². The molecule has 0 aliphatic carbocycles. The molecular formula is C19H25N5O2. The Morgan fingerprint density at radius 3 is 2.58 bits per heavy atom. The maximum Gasteiger partial charge on any atom is 0.255 e. The summed E-state index contributed by atoms with van der Waals surface area (Å²) in [5.74, 6) is 0.0499. The van der Waals surface area contributed by atoms with E-state index in [1.165, 1.54) is 0 Å². The lowest BCUT2D eigenvalue weighted by Crippen LogP contribution is -2.53. The zero-order valence-corrected chi connectivity index (χ0v) is 15.1. The van der Waals surface area contributed by atoms with Gasteiger partial charge in [-0.3, -0.25) is 9.36 Å². The van der Waals surface area contributed by atoms with Crippen molar-refractivity contribution in [2.75, 3.05) is 33.2 Å². The minimum atomic E-state index is -0.259. The van der Waals surface area contributed by atoms with Crippen molar-refractivity contribution in [2.24, 2.45) is 5.41 Å². The Morgan fingerprint density at radius 2 is 1.88 bits per heavy atom. The number of carbonyl (C=O) groups excluding carboxylic acids is 1. The van der Waals surface area contributed by atoms with E-state index in [-0.39, 0.29) is 17.4 Å². The summed E-state index contributed by atoms with van der Waals surface area (Å²) in [6.07, 6.45) is 5.68. The van der Waals surface area contributed by atoms with Gasteiger partial charge in [-0.25, -0.2) is 0 Å². The van der Waals surface area contributed by atoms with Crippen molar-refractivity contribution in [1.29, 1.82) is 0 Å². The molecule has 2 aliphatic rings. The molecule has 2 aromatic rings. The van der Waals surface area contributed by atoms with Crippen LogP contribution in [-0.4, -0.2) is 74.9 Å². The van der Waals surface area contributed by atoms with Gasteiger partial charge < -0.3 is 14.9 Å². The van der Waals surface area contributed by atoms with E-state index in [2.05, 4.69) is 22.1 Å². The SMILES string of the molecule is CN1CC(O)CC2(CCN(C(=O)c3ccccc3-n3cnnc3)CC2)C1. The first-order chi connectivity index (χ1) is 12.6. The smallest absolute Gasteiger partial charge is 0.255 e. The van der Waals surface area contributed by atoms with Gasteiger partial charge in [0.2, 0.25) is 0 Å². The summed E-state index contributed by atoms with van der Waals surface area (Å²) >= 11 is 0. The Kier molecular flexibility index (Phi) is 4.50. The van der Waals surface area contributed by atoms with Crippen LogP contribution in [0.15, 0.2) is 36.9 Å². The summed E-state index contributed by atoms with van der Waals surface area (Å²) < 4.78 is 1.77. The van der Waals surface area contributed by atoms with Gasteiger partial charge in [0.25, 0.3) is 5.91 Å². The molecule has 1 unspecified atom stereocenters. The Hall–Kier alpha value is -2.25. The maximum atomic E-state index is 13.1. The molecule has 1 amide bonds. The van der Waals surface area contributed by atoms with Gasteiger partial charge in [0.1, 0.15) is 12.7 Å². The van der Waals surface area contributed by atoms with Crippen LogP contribution in [0.5, 0.6) is 0 Å². The lowest BCUT2D eigenvalue weighted by Gasteiger charge is -2.48. The molecule has 7 nitrogen and oxygen atoms in total. The van der Waals surface area contributed by atoms with E-state index in [1.807, 2.05) is 29.2 Å². The predicted octanol–water partition coefficient (Wildman–Crippen LogP) is 1.19. The van der Waals surface area contributed by atoms with Crippen molar-refractivity contribution in [1.82, 2.24) is 24.6 Å². The topological polar surface area (TPSA) is 74.5 Å². The fraction of sp³-hybridized carbons (Fsp3) is 0.526. The number of rotatable bonds is 2. The third-order valence-corrected chi connectivity index (χ3v) is 5.74. The first-order valence-corrected chi connectivity index (χ1v) is 9.16. The van der Waals surface area contributed by atoms with Crippen LogP contribution in [0.25, 0.3) is 5.69 Å². The Bertz CT molecular complexity index is 756. The highest BCUT2D eigenvalue weighted by Gasteiger charge is 2.41. The number of amides is 1. The molecule has 0 saturated carbocycles. The summed E-state index contributed by atoms with van der Waals surface area (Å²) in [6, 6.07) is 7.57. The Labute approximate surface area is 153 Å². The van der Waals surface area contributed by atoms with Gasteiger partial charge in [0, 0.05) is 26.2 Å². The third-order valence-electron chi connectivity index (χ3n) is 5.74. The summed E-state index contributed by atoms with van der Waals surface area (Å²) in [4.78, 5) is 17.3. The van der Waals surface area contributed by atoms with Gasteiger partial charge in [-0.1, -0.05) is 12.1 Å². The second-order valence-electron chi connectivity index (χ2n) is 7.73. The molecular weight excluding hydrogens is 330 g/mol. The number of piperidine rings is 2. The van der Waals surface area contributed by atoms with E-state index in [4.69, 9.17) is 0 Å². The monoisotopic (exact) mass is 355 g/mol. The van der Waals surface area contributed by atoms with Crippen LogP contribution in [0.1, 0.15) is 29.6 Å². The Morgan fingerprint density at radius 1 is 1.19 bits per heavy atom. The molecule has 1 atom stereocenters. The summed E-state index contributed by atoms with van der Waals surface area (Å²) in [7, 11) is 2.07. The molecule has 3 heterocycles. The average Bonchev–Trinajstić information content (AvgIpc) is 3.15. The molecule has 4 rings (SSSR count). The fourth-order valence-corrected chi connectivity index (χ4v) is 4.55. The van der Waals surface area contributed by atoms with Crippen molar-refractivity contribution in [3.63, 3.8) is 0 Å². The number of aliphatic hydroxyl groups is 1. The van der Waals surface area contributed by atoms with Crippen LogP contribution in [0.3, 0.4) is 0 Å². The van der Waals surface area contributed by atoms with Crippen LogP contribution < -0.4 is 0 Å². The van der Waals surface area contributed by atoms with Crippen LogP contribution in [0.4, 0.5) is 0 Å². The lowest BCUT2D eigenvalue weighted by atomic mass is 9.71. The number of hydrogen-bond acceptors (Lipinski definition) is 5. The molecule has 1 spiro atoms. The zero-order valence-electron chi connectivity index (χ0n) is 15.1. The minimum Gasteiger partial charge on any atom is -0.392 e. The number of likely N-dealkylation sites (N-methyl/N-ethyl adjacent to an activating group) is 1. The maximum absolute atomic E-state index is 13.1. The molecule has 2 aliphatic heterocycles. The fourth-order valence-electron chi connectivity index (χ4n) is 4.55. The second-order valence-corrected chi connectivity index (χ2v) is 7.73. The molecule has 26 heavy (non-hydrogen) atoms. The first-order valence-electron chi connectivity index (χ1n) is 9.16.